The van der Waals surface area contributed by atoms with Gasteiger partial charge in [-0.1, -0.05) is 6.07 Å². The first-order valence-electron chi connectivity index (χ1n) is 6.25. The summed E-state index contributed by atoms with van der Waals surface area (Å²) in [6, 6.07) is 10.5. The van der Waals surface area contributed by atoms with Crippen molar-refractivity contribution in [1.82, 2.24) is 9.97 Å². The van der Waals surface area contributed by atoms with Crippen molar-refractivity contribution in [2.24, 2.45) is 0 Å². The molecule has 2 aromatic heterocycles. The van der Waals surface area contributed by atoms with Gasteiger partial charge in [-0.25, -0.2) is 13.4 Å². The van der Waals surface area contributed by atoms with E-state index in [0.717, 1.165) is 21.7 Å². The number of sulfone groups is 1. The number of nitrogen functional groups attached to an aromatic ring is 1. The van der Waals surface area contributed by atoms with Crippen LogP contribution < -0.4 is 5.73 Å². The fourth-order valence-electron chi connectivity index (χ4n) is 1.99. The van der Waals surface area contributed by atoms with Crippen LogP contribution in [0.15, 0.2) is 40.7 Å². The van der Waals surface area contributed by atoms with E-state index in [1.807, 2.05) is 13.0 Å². The summed E-state index contributed by atoms with van der Waals surface area (Å²) in [7, 11) is -3.50. The van der Waals surface area contributed by atoms with E-state index in [0.29, 0.717) is 16.9 Å². The van der Waals surface area contributed by atoms with E-state index in [4.69, 9.17) is 5.73 Å². The average molecular weight is 319 g/mol. The molecule has 0 amide bonds. The van der Waals surface area contributed by atoms with Gasteiger partial charge < -0.3 is 5.73 Å². The molecule has 7 heteroatoms. The van der Waals surface area contributed by atoms with Crippen LogP contribution in [0.4, 0.5) is 5.69 Å². The molecule has 0 saturated carbocycles. The Morgan fingerprint density at radius 3 is 2.76 bits per heavy atom. The number of anilines is 1. The molecule has 0 spiro atoms. The Balaban J connectivity index is 2.00. The third-order valence-electron chi connectivity index (χ3n) is 2.94. The van der Waals surface area contributed by atoms with Crippen molar-refractivity contribution in [3.63, 3.8) is 0 Å². The van der Waals surface area contributed by atoms with Crippen molar-refractivity contribution in [2.45, 2.75) is 17.0 Å². The van der Waals surface area contributed by atoms with Gasteiger partial charge in [0.25, 0.3) is 0 Å². The van der Waals surface area contributed by atoms with Crippen LogP contribution in [0, 0.1) is 6.92 Å². The van der Waals surface area contributed by atoms with E-state index >= 15 is 0 Å². The number of hydrogen-bond donors (Lipinski definition) is 1. The summed E-state index contributed by atoms with van der Waals surface area (Å²) in [5.74, 6) is -0.149. The summed E-state index contributed by atoms with van der Waals surface area (Å²) < 4.78 is 25.8. The highest BCUT2D eigenvalue weighted by Crippen LogP contribution is 2.28. The molecule has 2 heterocycles. The monoisotopic (exact) mass is 319 g/mol. The third kappa shape index (κ3) is 2.88. The van der Waals surface area contributed by atoms with E-state index in [-0.39, 0.29) is 10.1 Å². The molecule has 0 saturated heterocycles. The number of hydrogen-bond acceptors (Lipinski definition) is 6. The van der Waals surface area contributed by atoms with Gasteiger partial charge >= 0.3 is 0 Å². The molecule has 0 unspecified atom stereocenters. The van der Waals surface area contributed by atoms with Crippen LogP contribution in [0.1, 0.15) is 11.4 Å². The highest BCUT2D eigenvalue weighted by molar-refractivity contribution is 7.92. The SMILES string of the molecule is Cc1cccc(CS(=O)(=O)c2nc3ccc(N)cc3s2)n1. The summed E-state index contributed by atoms with van der Waals surface area (Å²) in [6.45, 7) is 1.83. The minimum absolute atomic E-state index is 0.103. The van der Waals surface area contributed by atoms with Crippen LogP contribution in [0.2, 0.25) is 0 Å². The number of pyridine rings is 1. The summed E-state index contributed by atoms with van der Waals surface area (Å²) >= 11 is 1.13. The molecule has 0 bridgehead atoms. The second-order valence-electron chi connectivity index (χ2n) is 4.74. The quantitative estimate of drug-likeness (QED) is 0.750. The number of nitrogens with two attached hydrogens (primary N) is 1. The Morgan fingerprint density at radius 2 is 2.00 bits per heavy atom. The Hall–Kier alpha value is -1.99. The fraction of sp³-hybridized carbons (Fsp3) is 0.143. The topological polar surface area (TPSA) is 85.9 Å². The standard InChI is InChI=1S/C14H13N3O2S2/c1-9-3-2-4-11(16-9)8-21(18,19)14-17-12-6-5-10(15)7-13(12)20-14/h2-7H,8,15H2,1H3. The van der Waals surface area contributed by atoms with Crippen molar-refractivity contribution in [1.29, 1.82) is 0 Å². The molecule has 108 valence electrons. The maximum atomic E-state index is 12.4. The number of fused-ring (bicyclic) bond motifs is 1. The van der Waals surface area contributed by atoms with Gasteiger partial charge in [-0.05, 0) is 37.3 Å². The van der Waals surface area contributed by atoms with Crippen LogP contribution in [0.5, 0.6) is 0 Å². The summed E-state index contributed by atoms with van der Waals surface area (Å²) in [5, 5.41) is 0. The van der Waals surface area contributed by atoms with Crippen molar-refractivity contribution < 1.29 is 8.42 Å². The molecule has 1 aromatic carbocycles. The van der Waals surface area contributed by atoms with Gasteiger partial charge in [0.2, 0.25) is 14.2 Å². The smallest absolute Gasteiger partial charge is 0.211 e. The Morgan fingerprint density at radius 1 is 1.19 bits per heavy atom. The van der Waals surface area contributed by atoms with Crippen LogP contribution in [-0.4, -0.2) is 18.4 Å². The number of aromatic nitrogens is 2. The number of nitrogens with zero attached hydrogens (tertiary/aromatic N) is 2. The van der Waals surface area contributed by atoms with Crippen LogP contribution >= 0.6 is 11.3 Å². The Labute approximate surface area is 126 Å². The maximum Gasteiger partial charge on any atom is 0.211 e. The zero-order chi connectivity index (χ0) is 15.0. The fourth-order valence-corrected chi connectivity index (χ4v) is 4.60. The van der Waals surface area contributed by atoms with Crippen molar-refractivity contribution in [2.75, 3.05) is 5.73 Å². The van der Waals surface area contributed by atoms with Gasteiger partial charge in [0, 0.05) is 11.4 Å². The molecule has 0 fully saturated rings. The molecule has 0 radical (unpaired) electrons. The average Bonchev–Trinajstić information content (AvgIpc) is 2.82. The largest absolute Gasteiger partial charge is 0.399 e. The Bertz CT molecular complexity index is 917. The number of aryl methyl sites for hydroxylation is 1. The zero-order valence-corrected chi connectivity index (χ0v) is 12.9. The zero-order valence-electron chi connectivity index (χ0n) is 11.3. The molecule has 2 N–H and O–H groups in total. The normalized spacial score (nSPS) is 11.9. The predicted molar refractivity (Wildman–Crippen MR) is 83.9 cm³/mol. The van der Waals surface area contributed by atoms with Crippen LogP contribution in [0.3, 0.4) is 0 Å². The van der Waals surface area contributed by atoms with E-state index in [2.05, 4.69) is 9.97 Å². The minimum Gasteiger partial charge on any atom is -0.399 e. The lowest BCUT2D eigenvalue weighted by atomic mass is 10.3. The summed E-state index contributed by atoms with van der Waals surface area (Å²) in [6.07, 6.45) is 0. The maximum absolute atomic E-state index is 12.4. The molecule has 0 aliphatic heterocycles. The molecule has 3 aromatic rings. The van der Waals surface area contributed by atoms with Gasteiger partial charge in [0.05, 0.1) is 21.7 Å². The number of rotatable bonds is 3. The molecule has 3 rings (SSSR count). The third-order valence-corrected chi connectivity index (χ3v) is 6.07. The molecule has 0 aliphatic rings. The lowest BCUT2D eigenvalue weighted by molar-refractivity contribution is 0.594. The van der Waals surface area contributed by atoms with E-state index in [1.54, 1.807) is 30.3 Å². The molecular formula is C14H13N3O2S2. The number of benzene rings is 1. The minimum atomic E-state index is -3.50. The second-order valence-corrected chi connectivity index (χ2v) is 7.93. The second kappa shape index (κ2) is 5.09. The van der Waals surface area contributed by atoms with E-state index < -0.39 is 9.84 Å². The van der Waals surface area contributed by atoms with Crippen molar-refractivity contribution in [3.05, 3.63) is 47.8 Å². The summed E-state index contributed by atoms with van der Waals surface area (Å²) in [5.41, 5.74) is 8.25. The van der Waals surface area contributed by atoms with E-state index in [1.165, 1.54) is 0 Å². The van der Waals surface area contributed by atoms with Crippen molar-refractivity contribution in [3.8, 4) is 0 Å². The van der Waals surface area contributed by atoms with Gasteiger partial charge in [-0.2, -0.15) is 0 Å². The molecule has 0 atom stereocenters. The predicted octanol–water partition coefficient (Wildman–Crippen LogP) is 2.56. The molecule has 5 nitrogen and oxygen atoms in total. The van der Waals surface area contributed by atoms with E-state index in [9.17, 15) is 8.42 Å². The first-order valence-corrected chi connectivity index (χ1v) is 8.72. The van der Waals surface area contributed by atoms with Crippen LogP contribution in [-0.2, 0) is 15.6 Å². The van der Waals surface area contributed by atoms with Gasteiger partial charge in [0.15, 0.2) is 0 Å². The lowest BCUT2D eigenvalue weighted by Gasteiger charge is -2.01. The molecular weight excluding hydrogens is 306 g/mol. The van der Waals surface area contributed by atoms with Gasteiger partial charge in [0.1, 0.15) is 0 Å². The first kappa shape index (κ1) is 14.0. The first-order chi connectivity index (χ1) is 9.94. The highest BCUT2D eigenvalue weighted by atomic mass is 32.2. The van der Waals surface area contributed by atoms with Crippen LogP contribution in [0.25, 0.3) is 10.2 Å². The lowest BCUT2D eigenvalue weighted by Crippen LogP contribution is -2.06. The summed E-state index contributed by atoms with van der Waals surface area (Å²) in [4.78, 5) is 8.42. The van der Waals surface area contributed by atoms with Gasteiger partial charge in [-0.3, -0.25) is 4.98 Å². The highest BCUT2D eigenvalue weighted by Gasteiger charge is 2.21. The Kier molecular flexibility index (Phi) is 3.38. The van der Waals surface area contributed by atoms with Crippen molar-refractivity contribution >= 4 is 37.1 Å². The van der Waals surface area contributed by atoms with Gasteiger partial charge in [-0.15, -0.1) is 11.3 Å². The number of thiazole rings is 1. The molecule has 0 aliphatic carbocycles. The molecule has 21 heavy (non-hydrogen) atoms.